The smallest absolute Gasteiger partial charge is 0.226 e. The van der Waals surface area contributed by atoms with Crippen molar-refractivity contribution in [2.75, 3.05) is 0 Å². The lowest BCUT2D eigenvalue weighted by molar-refractivity contribution is 0.302. The van der Waals surface area contributed by atoms with Gasteiger partial charge in [-0.2, -0.15) is 4.98 Å². The minimum absolute atomic E-state index is 0.310. The summed E-state index contributed by atoms with van der Waals surface area (Å²) < 4.78 is 11.7. The molecule has 1 saturated carbocycles. The minimum Gasteiger partial charge on any atom is -0.488 e. The van der Waals surface area contributed by atoms with Crippen molar-refractivity contribution in [2.45, 2.75) is 32.3 Å². The zero-order valence-electron chi connectivity index (χ0n) is 9.89. The molecule has 2 aromatic heterocycles. The summed E-state index contributed by atoms with van der Waals surface area (Å²) in [6, 6.07) is 1.85. The third-order valence-corrected chi connectivity index (χ3v) is 3.10. The number of hydrogen-bond donors (Lipinski definition) is 0. The van der Waals surface area contributed by atoms with Gasteiger partial charge in [0.2, 0.25) is 11.7 Å². The van der Waals surface area contributed by atoms with E-state index in [2.05, 4.69) is 31.1 Å². The quantitative estimate of drug-likeness (QED) is 0.812. The van der Waals surface area contributed by atoms with Crippen LogP contribution in [-0.2, 0) is 6.42 Å². The average Bonchev–Trinajstić information content (AvgIpc) is 3.06. The topological polar surface area (TPSA) is 61.0 Å². The third-order valence-electron chi connectivity index (χ3n) is 2.66. The summed E-state index contributed by atoms with van der Waals surface area (Å²) in [6.45, 7) is 1.97. The number of nitrogens with zero attached hydrogens (tertiary/aromatic N) is 3. The van der Waals surface area contributed by atoms with E-state index in [1.54, 1.807) is 6.20 Å². The van der Waals surface area contributed by atoms with Crippen LogP contribution >= 0.6 is 15.9 Å². The second-order valence-corrected chi connectivity index (χ2v) is 5.00. The zero-order valence-corrected chi connectivity index (χ0v) is 11.5. The Morgan fingerprint density at radius 1 is 1.50 bits per heavy atom. The number of ether oxygens (including phenoxy) is 1. The van der Waals surface area contributed by atoms with Crippen LogP contribution in [0.1, 0.15) is 25.7 Å². The van der Waals surface area contributed by atoms with Crippen LogP contribution in [0.5, 0.6) is 5.75 Å². The fourth-order valence-corrected chi connectivity index (χ4v) is 1.89. The Hall–Kier alpha value is -1.43. The largest absolute Gasteiger partial charge is 0.488 e. The molecule has 2 aromatic rings. The fraction of sp³-hybridized carbons (Fsp3) is 0.417. The Morgan fingerprint density at radius 2 is 2.33 bits per heavy atom. The summed E-state index contributed by atoms with van der Waals surface area (Å²) in [5.74, 6) is 1.88. The fourth-order valence-electron chi connectivity index (χ4n) is 1.56. The molecule has 5 nitrogen and oxygen atoms in total. The molecule has 1 fully saturated rings. The zero-order chi connectivity index (χ0) is 12.5. The molecule has 0 amide bonds. The second kappa shape index (κ2) is 4.68. The van der Waals surface area contributed by atoms with E-state index in [1.807, 2.05) is 13.0 Å². The normalized spacial score (nSPS) is 14.8. The molecule has 0 N–H and O–H groups in total. The first-order valence-corrected chi connectivity index (χ1v) is 6.70. The number of aromatic nitrogens is 3. The van der Waals surface area contributed by atoms with E-state index in [9.17, 15) is 0 Å². The minimum atomic E-state index is 0.310. The highest BCUT2D eigenvalue weighted by Gasteiger charge is 2.26. The molecule has 0 aromatic carbocycles. The van der Waals surface area contributed by atoms with Crippen molar-refractivity contribution in [1.82, 2.24) is 15.1 Å². The number of pyridine rings is 1. The van der Waals surface area contributed by atoms with Gasteiger partial charge in [0.15, 0.2) is 0 Å². The van der Waals surface area contributed by atoms with Gasteiger partial charge in [0.05, 0.1) is 17.9 Å². The Kier molecular flexibility index (Phi) is 3.03. The molecule has 0 unspecified atom stereocenters. The van der Waals surface area contributed by atoms with Gasteiger partial charge in [0, 0.05) is 6.42 Å². The molecule has 0 atom stereocenters. The van der Waals surface area contributed by atoms with E-state index in [0.717, 1.165) is 29.4 Å². The second-order valence-electron chi connectivity index (χ2n) is 4.19. The van der Waals surface area contributed by atoms with Gasteiger partial charge in [-0.15, -0.1) is 0 Å². The van der Waals surface area contributed by atoms with E-state index in [4.69, 9.17) is 9.26 Å². The van der Waals surface area contributed by atoms with Crippen LogP contribution in [0.25, 0.3) is 11.4 Å². The first kappa shape index (κ1) is 11.6. The third kappa shape index (κ3) is 2.38. The highest BCUT2D eigenvalue weighted by molar-refractivity contribution is 9.10. The SMILES string of the molecule is CCc1nc(-c2cc(Br)ncc2OC2CC2)no1. The standard InChI is InChI=1S/C12H12BrN3O2/c1-2-11-15-12(16-18-11)8-5-10(13)14-6-9(8)17-7-3-4-7/h5-7H,2-4H2,1H3. The number of hydrogen-bond acceptors (Lipinski definition) is 5. The Balaban J connectivity index is 1.99. The molecule has 0 spiro atoms. The van der Waals surface area contributed by atoms with Crippen molar-refractivity contribution in [2.24, 2.45) is 0 Å². The van der Waals surface area contributed by atoms with E-state index >= 15 is 0 Å². The van der Waals surface area contributed by atoms with Gasteiger partial charge in [-0.05, 0) is 34.8 Å². The molecule has 1 aliphatic rings. The van der Waals surface area contributed by atoms with E-state index in [0.29, 0.717) is 23.6 Å². The van der Waals surface area contributed by atoms with Gasteiger partial charge in [-0.3, -0.25) is 0 Å². The summed E-state index contributed by atoms with van der Waals surface area (Å²) >= 11 is 3.35. The predicted molar refractivity (Wildman–Crippen MR) is 68.3 cm³/mol. The lowest BCUT2D eigenvalue weighted by Gasteiger charge is -2.07. The van der Waals surface area contributed by atoms with Crippen LogP contribution in [0.15, 0.2) is 21.4 Å². The van der Waals surface area contributed by atoms with Crippen LogP contribution in [0, 0.1) is 0 Å². The molecule has 0 bridgehead atoms. The molecule has 0 aliphatic heterocycles. The summed E-state index contributed by atoms with van der Waals surface area (Å²) in [5, 5.41) is 3.97. The van der Waals surface area contributed by atoms with Crippen LogP contribution < -0.4 is 4.74 Å². The maximum Gasteiger partial charge on any atom is 0.226 e. The Morgan fingerprint density at radius 3 is 3.00 bits per heavy atom. The Bertz CT molecular complexity index is 566. The van der Waals surface area contributed by atoms with E-state index < -0.39 is 0 Å². The van der Waals surface area contributed by atoms with Crippen molar-refractivity contribution < 1.29 is 9.26 Å². The van der Waals surface area contributed by atoms with E-state index in [1.165, 1.54) is 0 Å². The molecule has 0 saturated heterocycles. The molecule has 94 valence electrons. The highest BCUT2D eigenvalue weighted by Crippen LogP contribution is 2.34. The number of aryl methyl sites for hydroxylation is 1. The average molecular weight is 310 g/mol. The van der Waals surface area contributed by atoms with Crippen molar-refractivity contribution in [1.29, 1.82) is 0 Å². The summed E-state index contributed by atoms with van der Waals surface area (Å²) in [5.41, 5.74) is 0.812. The lowest BCUT2D eigenvalue weighted by atomic mass is 10.2. The van der Waals surface area contributed by atoms with Gasteiger partial charge in [0.1, 0.15) is 10.4 Å². The molecular formula is C12H12BrN3O2. The van der Waals surface area contributed by atoms with Crippen molar-refractivity contribution in [3.05, 3.63) is 22.8 Å². The Labute approximate surface area is 113 Å². The van der Waals surface area contributed by atoms with Crippen LogP contribution in [-0.4, -0.2) is 21.2 Å². The molecule has 3 rings (SSSR count). The summed E-state index contributed by atoms with van der Waals surface area (Å²) in [4.78, 5) is 8.50. The van der Waals surface area contributed by atoms with Gasteiger partial charge >= 0.3 is 0 Å². The first-order chi connectivity index (χ1) is 8.76. The van der Waals surface area contributed by atoms with E-state index in [-0.39, 0.29) is 0 Å². The summed E-state index contributed by atoms with van der Waals surface area (Å²) in [6.07, 6.45) is 4.92. The van der Waals surface area contributed by atoms with Gasteiger partial charge in [-0.25, -0.2) is 4.98 Å². The van der Waals surface area contributed by atoms with Gasteiger partial charge in [0.25, 0.3) is 0 Å². The molecule has 18 heavy (non-hydrogen) atoms. The highest BCUT2D eigenvalue weighted by atomic mass is 79.9. The maximum absolute atomic E-state index is 5.80. The van der Waals surface area contributed by atoms with Gasteiger partial charge < -0.3 is 9.26 Å². The van der Waals surface area contributed by atoms with Crippen molar-refractivity contribution >= 4 is 15.9 Å². The molecule has 2 heterocycles. The van der Waals surface area contributed by atoms with Crippen molar-refractivity contribution in [3.63, 3.8) is 0 Å². The first-order valence-electron chi connectivity index (χ1n) is 5.91. The van der Waals surface area contributed by atoms with Gasteiger partial charge in [-0.1, -0.05) is 12.1 Å². The molecule has 1 aliphatic carbocycles. The molecule has 0 radical (unpaired) electrons. The van der Waals surface area contributed by atoms with Crippen LogP contribution in [0.4, 0.5) is 0 Å². The number of halogens is 1. The van der Waals surface area contributed by atoms with Crippen LogP contribution in [0.3, 0.4) is 0 Å². The summed E-state index contributed by atoms with van der Waals surface area (Å²) in [7, 11) is 0. The maximum atomic E-state index is 5.80. The molecular weight excluding hydrogens is 298 g/mol. The van der Waals surface area contributed by atoms with Crippen LogP contribution in [0.2, 0.25) is 0 Å². The van der Waals surface area contributed by atoms with Crippen molar-refractivity contribution in [3.8, 4) is 17.1 Å². The predicted octanol–water partition coefficient (Wildman–Crippen LogP) is 3.00. The number of rotatable bonds is 4. The lowest BCUT2D eigenvalue weighted by Crippen LogP contribution is -1.99. The monoisotopic (exact) mass is 309 g/mol. The molecule has 6 heteroatoms.